The van der Waals surface area contributed by atoms with Crippen LogP contribution in [0.15, 0.2) is 54.7 Å². The number of amides is 1. The molecule has 0 saturated heterocycles. The molecule has 0 radical (unpaired) electrons. The molecule has 0 saturated carbocycles. The van der Waals surface area contributed by atoms with Crippen molar-refractivity contribution in [1.82, 2.24) is 9.97 Å². The van der Waals surface area contributed by atoms with Gasteiger partial charge < -0.3 is 10.6 Å². The van der Waals surface area contributed by atoms with Gasteiger partial charge in [0.1, 0.15) is 17.3 Å². The third kappa shape index (κ3) is 4.71. The number of anilines is 3. The van der Waals surface area contributed by atoms with Crippen LogP contribution in [0.3, 0.4) is 0 Å². The molecule has 0 atom stereocenters. The fourth-order valence-corrected chi connectivity index (χ4v) is 2.85. The SMILES string of the molecule is O=C(Nc1ccnc(Nc2cccc(C(F)(F)F)n2)c1)c1c(Cl)cccc1Cl. The van der Waals surface area contributed by atoms with Crippen molar-refractivity contribution in [2.24, 2.45) is 0 Å². The summed E-state index contributed by atoms with van der Waals surface area (Å²) < 4.78 is 38.3. The Kier molecular flexibility index (Phi) is 5.71. The van der Waals surface area contributed by atoms with Gasteiger partial charge in [-0.3, -0.25) is 4.79 Å². The molecule has 28 heavy (non-hydrogen) atoms. The van der Waals surface area contributed by atoms with Crippen molar-refractivity contribution >= 4 is 46.4 Å². The topological polar surface area (TPSA) is 66.9 Å². The van der Waals surface area contributed by atoms with Crippen molar-refractivity contribution in [3.8, 4) is 0 Å². The number of carbonyl (C=O) groups excluding carboxylic acids is 1. The standard InChI is InChI=1S/C18H11Cl2F3N4O/c19-11-3-1-4-12(20)16(11)17(28)25-10-7-8-24-15(9-10)27-14-6-2-5-13(26-14)18(21,22)23/h1-9H,(H2,24,25,26,27,28). The van der Waals surface area contributed by atoms with Crippen LogP contribution in [0.25, 0.3) is 0 Å². The van der Waals surface area contributed by atoms with Crippen LogP contribution < -0.4 is 10.6 Å². The van der Waals surface area contributed by atoms with E-state index in [-0.39, 0.29) is 27.2 Å². The third-order valence-electron chi connectivity index (χ3n) is 3.50. The molecule has 1 aromatic carbocycles. The van der Waals surface area contributed by atoms with Crippen molar-refractivity contribution in [1.29, 1.82) is 0 Å². The van der Waals surface area contributed by atoms with Gasteiger partial charge in [0, 0.05) is 18.0 Å². The summed E-state index contributed by atoms with van der Waals surface area (Å²) in [5.41, 5.74) is -0.586. The summed E-state index contributed by atoms with van der Waals surface area (Å²) in [7, 11) is 0. The Bertz CT molecular complexity index is 1010. The largest absolute Gasteiger partial charge is 0.433 e. The molecule has 0 aliphatic heterocycles. The summed E-state index contributed by atoms with van der Waals surface area (Å²) in [5, 5.41) is 5.65. The van der Waals surface area contributed by atoms with Crippen molar-refractivity contribution in [2.75, 3.05) is 10.6 Å². The van der Waals surface area contributed by atoms with Gasteiger partial charge in [-0.05, 0) is 30.3 Å². The zero-order valence-electron chi connectivity index (χ0n) is 13.9. The number of aromatic nitrogens is 2. The molecule has 10 heteroatoms. The van der Waals surface area contributed by atoms with Crippen LogP contribution in [0.1, 0.15) is 16.1 Å². The molecule has 2 heterocycles. The molecule has 5 nitrogen and oxygen atoms in total. The zero-order valence-corrected chi connectivity index (χ0v) is 15.4. The van der Waals surface area contributed by atoms with Gasteiger partial charge in [-0.25, -0.2) is 9.97 Å². The minimum absolute atomic E-state index is 0.0417. The third-order valence-corrected chi connectivity index (χ3v) is 4.13. The Morgan fingerprint density at radius 1 is 0.964 bits per heavy atom. The number of rotatable bonds is 4. The second kappa shape index (κ2) is 8.04. The molecule has 0 bridgehead atoms. The van der Waals surface area contributed by atoms with Crippen LogP contribution in [0.2, 0.25) is 10.0 Å². The van der Waals surface area contributed by atoms with E-state index >= 15 is 0 Å². The van der Waals surface area contributed by atoms with Gasteiger partial charge in [0.25, 0.3) is 5.91 Å². The number of carbonyl (C=O) groups is 1. The summed E-state index contributed by atoms with van der Waals surface area (Å²) in [5.74, 6) is -0.389. The van der Waals surface area contributed by atoms with E-state index in [1.807, 2.05) is 0 Å². The number of pyridine rings is 2. The quantitative estimate of drug-likeness (QED) is 0.553. The Labute approximate surface area is 167 Å². The number of nitrogens with one attached hydrogen (secondary N) is 2. The summed E-state index contributed by atoms with van der Waals surface area (Å²) in [4.78, 5) is 19.9. The molecule has 0 fully saturated rings. The van der Waals surface area contributed by atoms with E-state index in [2.05, 4.69) is 20.6 Å². The highest BCUT2D eigenvalue weighted by Gasteiger charge is 2.32. The number of hydrogen-bond donors (Lipinski definition) is 2. The second-order valence-corrected chi connectivity index (χ2v) is 6.33. The van der Waals surface area contributed by atoms with Crippen molar-refractivity contribution in [3.63, 3.8) is 0 Å². The fourth-order valence-electron chi connectivity index (χ4n) is 2.28. The lowest BCUT2D eigenvalue weighted by atomic mass is 10.2. The lowest BCUT2D eigenvalue weighted by Gasteiger charge is -2.11. The first-order chi connectivity index (χ1) is 13.2. The lowest BCUT2D eigenvalue weighted by Crippen LogP contribution is -2.13. The minimum atomic E-state index is -4.56. The van der Waals surface area contributed by atoms with Crippen molar-refractivity contribution in [2.45, 2.75) is 6.18 Å². The average molecular weight is 427 g/mol. The van der Waals surface area contributed by atoms with Gasteiger partial charge in [-0.15, -0.1) is 0 Å². The lowest BCUT2D eigenvalue weighted by molar-refractivity contribution is -0.141. The van der Waals surface area contributed by atoms with Crippen LogP contribution in [0, 0.1) is 0 Å². The van der Waals surface area contributed by atoms with Gasteiger partial charge in [-0.2, -0.15) is 13.2 Å². The summed E-state index contributed by atoms with van der Waals surface area (Å²) in [6, 6.07) is 11.1. The number of benzene rings is 1. The molecule has 0 aliphatic carbocycles. The highest BCUT2D eigenvalue weighted by atomic mass is 35.5. The molecule has 3 rings (SSSR count). The number of hydrogen-bond acceptors (Lipinski definition) is 4. The van der Waals surface area contributed by atoms with Crippen molar-refractivity contribution in [3.05, 3.63) is 76.0 Å². The molecular formula is C18H11Cl2F3N4O. The monoisotopic (exact) mass is 426 g/mol. The summed E-state index contributed by atoms with van der Waals surface area (Å²) in [6.45, 7) is 0. The number of nitrogens with zero attached hydrogens (tertiary/aromatic N) is 2. The van der Waals surface area contributed by atoms with E-state index in [0.717, 1.165) is 6.07 Å². The fraction of sp³-hybridized carbons (Fsp3) is 0.0556. The highest BCUT2D eigenvalue weighted by molar-refractivity contribution is 6.40. The van der Waals surface area contributed by atoms with Crippen LogP contribution in [0.5, 0.6) is 0 Å². The molecule has 1 amide bonds. The highest BCUT2D eigenvalue weighted by Crippen LogP contribution is 2.29. The predicted octanol–water partition coefficient (Wildman–Crippen LogP) is 5.80. The van der Waals surface area contributed by atoms with E-state index in [1.54, 1.807) is 6.07 Å². The van der Waals surface area contributed by atoms with Gasteiger partial charge in [-0.1, -0.05) is 35.3 Å². The molecule has 2 aromatic heterocycles. The van der Waals surface area contributed by atoms with Crippen LogP contribution >= 0.6 is 23.2 Å². The predicted molar refractivity (Wildman–Crippen MR) is 101 cm³/mol. The Hall–Kier alpha value is -2.84. The number of alkyl halides is 3. The van der Waals surface area contributed by atoms with Gasteiger partial charge in [0.15, 0.2) is 0 Å². The first kappa shape index (κ1) is 19.9. The minimum Gasteiger partial charge on any atom is -0.325 e. The van der Waals surface area contributed by atoms with E-state index in [0.29, 0.717) is 5.69 Å². The molecule has 0 spiro atoms. The van der Waals surface area contributed by atoms with Gasteiger partial charge in [0.05, 0.1) is 15.6 Å². The Balaban J connectivity index is 1.79. The van der Waals surface area contributed by atoms with E-state index in [1.165, 1.54) is 42.6 Å². The molecule has 3 aromatic rings. The maximum Gasteiger partial charge on any atom is 0.433 e. The average Bonchev–Trinajstić information content (AvgIpc) is 2.61. The first-order valence-electron chi connectivity index (χ1n) is 7.77. The van der Waals surface area contributed by atoms with Gasteiger partial charge >= 0.3 is 6.18 Å². The van der Waals surface area contributed by atoms with Crippen LogP contribution in [0.4, 0.5) is 30.5 Å². The summed E-state index contributed by atoms with van der Waals surface area (Å²) >= 11 is 12.0. The molecule has 0 aliphatic rings. The number of halogens is 5. The first-order valence-corrected chi connectivity index (χ1v) is 8.52. The zero-order chi connectivity index (χ0) is 20.3. The molecular weight excluding hydrogens is 416 g/mol. The Morgan fingerprint density at radius 3 is 2.32 bits per heavy atom. The summed E-state index contributed by atoms with van der Waals surface area (Å²) in [6.07, 6.45) is -3.19. The maximum atomic E-state index is 12.8. The smallest absolute Gasteiger partial charge is 0.325 e. The van der Waals surface area contributed by atoms with Crippen LogP contribution in [-0.2, 0) is 6.18 Å². The molecule has 2 N–H and O–H groups in total. The van der Waals surface area contributed by atoms with Crippen LogP contribution in [-0.4, -0.2) is 15.9 Å². The maximum absolute atomic E-state index is 12.8. The van der Waals surface area contributed by atoms with E-state index < -0.39 is 17.8 Å². The van der Waals surface area contributed by atoms with E-state index in [4.69, 9.17) is 23.2 Å². The molecule has 0 unspecified atom stereocenters. The second-order valence-electron chi connectivity index (χ2n) is 5.51. The Morgan fingerprint density at radius 2 is 1.64 bits per heavy atom. The van der Waals surface area contributed by atoms with Crippen molar-refractivity contribution < 1.29 is 18.0 Å². The molecule has 144 valence electrons. The van der Waals surface area contributed by atoms with E-state index in [9.17, 15) is 18.0 Å². The normalized spacial score (nSPS) is 11.2. The van der Waals surface area contributed by atoms with Gasteiger partial charge in [0.2, 0.25) is 0 Å².